The number of benzene rings is 2. The lowest BCUT2D eigenvalue weighted by molar-refractivity contribution is -0.113. The van der Waals surface area contributed by atoms with Gasteiger partial charge in [0.1, 0.15) is 5.82 Å². The third kappa shape index (κ3) is 6.97. The molecule has 1 heterocycles. The summed E-state index contributed by atoms with van der Waals surface area (Å²) in [4.78, 5) is 25.3. The predicted octanol–water partition coefficient (Wildman–Crippen LogP) is 6.36. The van der Waals surface area contributed by atoms with Crippen LogP contribution in [0.25, 0.3) is 0 Å². The minimum absolute atomic E-state index is 0.00667. The molecule has 0 aliphatic heterocycles. The molecule has 186 valence electrons. The molecule has 1 atom stereocenters. The summed E-state index contributed by atoms with van der Waals surface area (Å²) < 4.78 is 16.4. The Morgan fingerprint density at radius 3 is 2.54 bits per heavy atom. The Balaban J connectivity index is 1.73. The zero-order chi connectivity index (χ0) is 25.7. The van der Waals surface area contributed by atoms with Gasteiger partial charge in [0.2, 0.25) is 5.91 Å². The van der Waals surface area contributed by atoms with Gasteiger partial charge in [0.25, 0.3) is 5.91 Å². The van der Waals surface area contributed by atoms with Crippen LogP contribution < -0.4 is 10.6 Å². The normalized spacial score (nSPS) is 12.0. The summed E-state index contributed by atoms with van der Waals surface area (Å²) in [6.45, 7) is 6.35. The summed E-state index contributed by atoms with van der Waals surface area (Å²) in [6.07, 6.45) is 0. The average molecular weight is 603 g/mol. The Bertz CT molecular complexity index is 1240. The van der Waals surface area contributed by atoms with Gasteiger partial charge in [0.05, 0.1) is 28.1 Å². The molecule has 2 N–H and O–H groups in total. The maximum atomic E-state index is 14.0. The van der Waals surface area contributed by atoms with Gasteiger partial charge in [0.15, 0.2) is 11.0 Å². The van der Waals surface area contributed by atoms with Gasteiger partial charge in [-0.3, -0.25) is 9.59 Å². The van der Waals surface area contributed by atoms with Crippen LogP contribution in [0.3, 0.4) is 0 Å². The molecule has 0 saturated heterocycles. The molecule has 0 radical (unpaired) electrons. The molecule has 35 heavy (non-hydrogen) atoms. The first-order chi connectivity index (χ1) is 16.6. The smallest absolute Gasteiger partial charge is 0.253 e. The zero-order valence-corrected chi connectivity index (χ0v) is 23.0. The van der Waals surface area contributed by atoms with Crippen molar-refractivity contribution in [2.45, 2.75) is 38.5 Å². The highest BCUT2D eigenvalue weighted by molar-refractivity contribution is 9.10. The Kier molecular flexibility index (Phi) is 9.57. The summed E-state index contributed by atoms with van der Waals surface area (Å²) in [5, 5.41) is 15.3. The fourth-order valence-corrected chi connectivity index (χ4v) is 4.90. The largest absolute Gasteiger partial charge is 0.342 e. The minimum Gasteiger partial charge on any atom is -0.342 e. The average Bonchev–Trinajstić information content (AvgIpc) is 3.20. The van der Waals surface area contributed by atoms with E-state index in [0.29, 0.717) is 32.6 Å². The Morgan fingerprint density at radius 1 is 1.17 bits per heavy atom. The monoisotopic (exact) mass is 601 g/mol. The van der Waals surface area contributed by atoms with E-state index in [1.807, 2.05) is 25.3 Å². The number of nitrogens with one attached hydrogen (secondary N) is 2. The number of carbonyl (C=O) groups is 2. The number of aromatic nitrogens is 3. The number of halogens is 4. The molecule has 2 amide bonds. The second-order valence-corrected chi connectivity index (χ2v) is 10.6. The number of hydrogen-bond donors (Lipinski definition) is 2. The molecule has 2 aromatic carbocycles. The highest BCUT2D eigenvalue weighted by Gasteiger charge is 2.27. The van der Waals surface area contributed by atoms with E-state index in [4.69, 9.17) is 23.2 Å². The van der Waals surface area contributed by atoms with Crippen molar-refractivity contribution < 1.29 is 14.0 Å². The van der Waals surface area contributed by atoms with Crippen LogP contribution in [0.5, 0.6) is 0 Å². The predicted molar refractivity (Wildman–Crippen MR) is 141 cm³/mol. The van der Waals surface area contributed by atoms with Crippen LogP contribution in [0, 0.1) is 11.7 Å². The van der Waals surface area contributed by atoms with Gasteiger partial charge < -0.3 is 15.2 Å². The van der Waals surface area contributed by atoms with Crippen molar-refractivity contribution in [3.8, 4) is 0 Å². The van der Waals surface area contributed by atoms with Gasteiger partial charge in [0, 0.05) is 16.0 Å². The molecule has 7 nitrogen and oxygen atoms in total. The number of carbonyl (C=O) groups excluding carboxylic acids is 2. The number of amides is 2. The second-order valence-electron chi connectivity index (χ2n) is 7.87. The molecule has 0 saturated carbocycles. The zero-order valence-electron chi connectivity index (χ0n) is 19.1. The van der Waals surface area contributed by atoms with Gasteiger partial charge in [-0.25, -0.2) is 4.39 Å². The van der Waals surface area contributed by atoms with Crippen molar-refractivity contribution in [1.82, 2.24) is 20.1 Å². The maximum Gasteiger partial charge on any atom is 0.253 e. The van der Waals surface area contributed by atoms with Crippen LogP contribution in [0.4, 0.5) is 10.1 Å². The first-order valence-corrected chi connectivity index (χ1v) is 13.2. The van der Waals surface area contributed by atoms with Crippen LogP contribution in [0.2, 0.25) is 10.0 Å². The topological polar surface area (TPSA) is 88.9 Å². The van der Waals surface area contributed by atoms with Gasteiger partial charge >= 0.3 is 0 Å². The van der Waals surface area contributed by atoms with Gasteiger partial charge in [-0.1, -0.05) is 64.7 Å². The molecule has 0 fully saturated rings. The Morgan fingerprint density at radius 2 is 1.91 bits per heavy atom. The Labute approximate surface area is 225 Å². The van der Waals surface area contributed by atoms with E-state index in [1.54, 1.807) is 18.2 Å². The molecule has 1 aromatic heterocycles. The van der Waals surface area contributed by atoms with Crippen molar-refractivity contribution in [3.63, 3.8) is 0 Å². The van der Waals surface area contributed by atoms with Gasteiger partial charge in [-0.2, -0.15) is 0 Å². The van der Waals surface area contributed by atoms with E-state index in [1.165, 1.54) is 30.0 Å². The molecule has 0 aliphatic rings. The summed E-state index contributed by atoms with van der Waals surface area (Å²) in [6, 6.07) is 8.62. The lowest BCUT2D eigenvalue weighted by atomic mass is 10.0. The molecule has 12 heteroatoms. The molecule has 0 unspecified atom stereocenters. The lowest BCUT2D eigenvalue weighted by Gasteiger charge is -2.22. The molecular weight excluding hydrogens is 580 g/mol. The van der Waals surface area contributed by atoms with Crippen molar-refractivity contribution in [2.75, 3.05) is 11.1 Å². The van der Waals surface area contributed by atoms with E-state index in [-0.39, 0.29) is 34.2 Å². The lowest BCUT2D eigenvalue weighted by Crippen LogP contribution is -2.34. The fourth-order valence-electron chi connectivity index (χ4n) is 3.26. The standard InChI is InChI=1S/C23H23BrCl2FN5O2S/c1-4-32-21(20(12(2)3)29-22(34)15-7-6-14(25)10-16(15)26)30-31-23(32)35-11-19(33)28-18-8-5-13(24)9-17(18)27/h5-10,12,20H,4,11H2,1-3H3,(H,28,33)(H,29,34)/t20-/m0/s1. The third-order valence-electron chi connectivity index (χ3n) is 5.01. The molecule has 0 bridgehead atoms. The molecule has 0 spiro atoms. The number of nitrogens with zero attached hydrogens (tertiary/aromatic N) is 3. The minimum atomic E-state index is -0.534. The van der Waals surface area contributed by atoms with E-state index in [9.17, 15) is 14.0 Å². The van der Waals surface area contributed by atoms with E-state index < -0.39 is 11.9 Å². The van der Waals surface area contributed by atoms with E-state index in [2.05, 4.69) is 36.8 Å². The molecular formula is C23H23BrCl2FN5O2S. The summed E-state index contributed by atoms with van der Waals surface area (Å²) in [7, 11) is 0. The van der Waals surface area contributed by atoms with Crippen molar-refractivity contribution in [3.05, 3.63) is 68.1 Å². The molecule has 3 rings (SSSR count). The van der Waals surface area contributed by atoms with Crippen LogP contribution in [-0.4, -0.2) is 32.3 Å². The molecule has 3 aromatic rings. The van der Waals surface area contributed by atoms with Crippen molar-refractivity contribution in [2.24, 2.45) is 5.92 Å². The maximum absolute atomic E-state index is 14.0. The summed E-state index contributed by atoms with van der Waals surface area (Å²) >= 11 is 16.5. The van der Waals surface area contributed by atoms with E-state index >= 15 is 0 Å². The van der Waals surface area contributed by atoms with E-state index in [0.717, 1.165) is 0 Å². The highest BCUT2D eigenvalue weighted by Crippen LogP contribution is 2.27. The van der Waals surface area contributed by atoms with Crippen LogP contribution in [0.15, 0.2) is 46.0 Å². The van der Waals surface area contributed by atoms with Crippen molar-refractivity contribution in [1.29, 1.82) is 0 Å². The third-order valence-corrected chi connectivity index (χ3v) is 7.01. The van der Waals surface area contributed by atoms with Crippen LogP contribution in [-0.2, 0) is 11.3 Å². The number of rotatable bonds is 9. The summed E-state index contributed by atoms with van der Waals surface area (Å²) in [5.74, 6) is -0.722. The van der Waals surface area contributed by atoms with Gasteiger partial charge in [-0.15, -0.1) is 10.2 Å². The SMILES string of the molecule is CCn1c(SCC(=O)Nc2ccc(Br)cc2F)nnc1[C@@H](NC(=O)c1ccc(Cl)cc1Cl)C(C)C. The Hall–Kier alpha value is -2.14. The molecule has 0 aliphatic carbocycles. The number of hydrogen-bond acceptors (Lipinski definition) is 5. The fraction of sp³-hybridized carbons (Fsp3) is 0.304. The quantitative estimate of drug-likeness (QED) is 0.278. The van der Waals surface area contributed by atoms with Crippen molar-refractivity contribution >= 4 is 68.4 Å². The van der Waals surface area contributed by atoms with Crippen LogP contribution >= 0.6 is 50.9 Å². The first kappa shape index (κ1) is 27.4. The van der Waals surface area contributed by atoms with Gasteiger partial charge in [-0.05, 0) is 49.2 Å². The first-order valence-electron chi connectivity index (χ1n) is 10.7. The number of thioether (sulfide) groups is 1. The van der Waals surface area contributed by atoms with Crippen LogP contribution in [0.1, 0.15) is 43.0 Å². The highest BCUT2D eigenvalue weighted by atomic mass is 79.9. The summed E-state index contributed by atoms with van der Waals surface area (Å²) in [5.41, 5.74) is 0.399. The second kappa shape index (κ2) is 12.2. The number of anilines is 1.